The fourth-order valence-electron chi connectivity index (χ4n) is 1.49. The Morgan fingerprint density at radius 2 is 2.18 bits per heavy atom. The number of rotatable bonds is 1. The molecule has 1 atom stereocenters. The van der Waals surface area contributed by atoms with Crippen molar-refractivity contribution in [1.29, 1.82) is 0 Å². The Morgan fingerprint density at radius 3 is 2.55 bits per heavy atom. The Balaban J connectivity index is 2.64. The molecule has 0 aromatic rings. The minimum absolute atomic E-state index is 0.277. The highest BCUT2D eigenvalue weighted by molar-refractivity contribution is 7.81. The second kappa shape index (κ2) is 3.22. The van der Waals surface area contributed by atoms with E-state index in [4.69, 9.17) is 12.6 Å². The van der Waals surface area contributed by atoms with Crippen LogP contribution < -0.4 is 0 Å². The van der Waals surface area contributed by atoms with Gasteiger partial charge in [0.2, 0.25) is 0 Å². The molecular formula is C10H18S. The first-order valence-corrected chi connectivity index (χ1v) is 4.87. The van der Waals surface area contributed by atoms with E-state index >= 15 is 0 Å². The first-order chi connectivity index (χ1) is 5.04. The maximum atomic E-state index is 4.74. The zero-order valence-corrected chi connectivity index (χ0v) is 8.62. The van der Waals surface area contributed by atoms with Gasteiger partial charge in [-0.2, -0.15) is 12.6 Å². The van der Waals surface area contributed by atoms with Crippen molar-refractivity contribution in [2.45, 2.75) is 44.8 Å². The maximum Gasteiger partial charge on any atom is 0.0190 e. The summed E-state index contributed by atoms with van der Waals surface area (Å²) in [6, 6.07) is 0. The summed E-state index contributed by atoms with van der Waals surface area (Å²) in [7, 11) is 0. The van der Waals surface area contributed by atoms with Crippen LogP contribution in [-0.2, 0) is 0 Å². The third kappa shape index (κ3) is 2.02. The highest BCUT2D eigenvalue weighted by atomic mass is 32.1. The highest BCUT2D eigenvalue weighted by Crippen LogP contribution is 2.38. The van der Waals surface area contributed by atoms with Gasteiger partial charge < -0.3 is 0 Å². The van der Waals surface area contributed by atoms with Crippen molar-refractivity contribution in [2.24, 2.45) is 5.92 Å². The lowest BCUT2D eigenvalue weighted by Gasteiger charge is -2.35. The van der Waals surface area contributed by atoms with Crippen LogP contribution in [0.1, 0.15) is 40.0 Å². The summed E-state index contributed by atoms with van der Waals surface area (Å²) in [5.41, 5.74) is 1.54. The van der Waals surface area contributed by atoms with Crippen LogP contribution in [0, 0.1) is 5.92 Å². The lowest BCUT2D eigenvalue weighted by atomic mass is 9.82. The van der Waals surface area contributed by atoms with Gasteiger partial charge in [0.1, 0.15) is 0 Å². The normalized spacial score (nSPS) is 32.3. The van der Waals surface area contributed by atoms with Crippen molar-refractivity contribution in [2.75, 3.05) is 0 Å². The Morgan fingerprint density at radius 1 is 1.55 bits per heavy atom. The zero-order valence-electron chi connectivity index (χ0n) is 7.72. The minimum atomic E-state index is 0.277. The van der Waals surface area contributed by atoms with E-state index in [-0.39, 0.29) is 4.75 Å². The predicted octanol–water partition coefficient (Wildman–Crippen LogP) is 3.44. The molecule has 0 amide bonds. The number of hydrogen-bond acceptors (Lipinski definition) is 1. The molecule has 1 aliphatic carbocycles. The van der Waals surface area contributed by atoms with Gasteiger partial charge in [0.25, 0.3) is 0 Å². The van der Waals surface area contributed by atoms with E-state index in [9.17, 15) is 0 Å². The molecule has 1 rings (SSSR count). The van der Waals surface area contributed by atoms with E-state index in [1.807, 2.05) is 0 Å². The van der Waals surface area contributed by atoms with Gasteiger partial charge in [0.15, 0.2) is 0 Å². The van der Waals surface area contributed by atoms with Crippen molar-refractivity contribution in [3.63, 3.8) is 0 Å². The Labute approximate surface area is 75.5 Å². The van der Waals surface area contributed by atoms with Crippen LogP contribution in [0.25, 0.3) is 0 Å². The number of allylic oxidation sites excluding steroid dienone is 2. The van der Waals surface area contributed by atoms with Crippen LogP contribution in [-0.4, -0.2) is 4.75 Å². The molecule has 0 aromatic carbocycles. The smallest absolute Gasteiger partial charge is 0.0190 e. The molecule has 0 bridgehead atoms. The molecule has 0 nitrogen and oxygen atoms in total. The highest BCUT2D eigenvalue weighted by Gasteiger charge is 2.30. The molecule has 1 aliphatic rings. The summed E-state index contributed by atoms with van der Waals surface area (Å²) in [4.78, 5) is 0. The Kier molecular flexibility index (Phi) is 2.69. The van der Waals surface area contributed by atoms with E-state index in [0.717, 1.165) is 6.42 Å². The van der Waals surface area contributed by atoms with Crippen molar-refractivity contribution in [3.8, 4) is 0 Å². The molecule has 0 spiro atoms. The van der Waals surface area contributed by atoms with E-state index in [2.05, 4.69) is 26.8 Å². The average Bonchev–Trinajstić information content (AvgIpc) is 1.95. The molecule has 0 heterocycles. The van der Waals surface area contributed by atoms with Gasteiger partial charge in [-0.15, -0.1) is 0 Å². The molecule has 0 N–H and O–H groups in total. The van der Waals surface area contributed by atoms with Crippen LogP contribution in [0.2, 0.25) is 0 Å². The largest absolute Gasteiger partial charge is 0.172 e. The average molecular weight is 170 g/mol. The summed E-state index contributed by atoms with van der Waals surface area (Å²) >= 11 is 4.74. The standard InChI is InChI=1S/C10H18S/c1-8(2)10(11)6-4-9(3)5-7-10/h4,8,11H,5-7H2,1-3H3/t10-/m0/s1. The van der Waals surface area contributed by atoms with Crippen molar-refractivity contribution in [3.05, 3.63) is 11.6 Å². The zero-order chi connectivity index (χ0) is 8.48. The van der Waals surface area contributed by atoms with Gasteiger partial charge in [-0.1, -0.05) is 25.5 Å². The molecule has 11 heavy (non-hydrogen) atoms. The van der Waals surface area contributed by atoms with E-state index in [0.29, 0.717) is 5.92 Å². The fourth-order valence-corrected chi connectivity index (χ4v) is 1.70. The van der Waals surface area contributed by atoms with Gasteiger partial charge >= 0.3 is 0 Å². The van der Waals surface area contributed by atoms with Crippen LogP contribution in [0.15, 0.2) is 11.6 Å². The lowest BCUT2D eigenvalue weighted by Crippen LogP contribution is -2.30. The maximum absolute atomic E-state index is 4.74. The van der Waals surface area contributed by atoms with Gasteiger partial charge in [-0.3, -0.25) is 0 Å². The summed E-state index contributed by atoms with van der Waals surface area (Å²) in [5.74, 6) is 0.690. The third-order valence-corrected chi connectivity index (χ3v) is 3.75. The molecule has 0 radical (unpaired) electrons. The molecule has 0 saturated heterocycles. The van der Waals surface area contributed by atoms with Gasteiger partial charge in [-0.05, 0) is 32.1 Å². The fraction of sp³-hybridized carbons (Fsp3) is 0.800. The van der Waals surface area contributed by atoms with E-state index < -0.39 is 0 Å². The van der Waals surface area contributed by atoms with Gasteiger partial charge in [0, 0.05) is 4.75 Å². The summed E-state index contributed by atoms with van der Waals surface area (Å²) in [6.07, 6.45) is 5.98. The molecule has 64 valence electrons. The quantitative estimate of drug-likeness (QED) is 0.452. The number of thiol groups is 1. The monoisotopic (exact) mass is 170 g/mol. The van der Waals surface area contributed by atoms with Crippen LogP contribution in [0.5, 0.6) is 0 Å². The molecule has 0 aliphatic heterocycles. The van der Waals surface area contributed by atoms with Crippen LogP contribution >= 0.6 is 12.6 Å². The Bertz CT molecular complexity index is 170. The first-order valence-electron chi connectivity index (χ1n) is 4.42. The molecule has 0 unspecified atom stereocenters. The topological polar surface area (TPSA) is 0 Å². The summed E-state index contributed by atoms with van der Waals surface area (Å²) < 4.78 is 0.277. The summed E-state index contributed by atoms with van der Waals surface area (Å²) in [5, 5.41) is 0. The second-order valence-corrected chi connectivity index (χ2v) is 4.90. The third-order valence-electron chi connectivity index (χ3n) is 2.83. The SMILES string of the molecule is CC1=CC[C@@](S)(C(C)C)CC1. The van der Waals surface area contributed by atoms with Crippen LogP contribution in [0.3, 0.4) is 0 Å². The second-order valence-electron chi connectivity index (χ2n) is 4.01. The van der Waals surface area contributed by atoms with E-state index in [1.165, 1.54) is 18.4 Å². The molecule has 0 aromatic heterocycles. The summed E-state index contributed by atoms with van der Waals surface area (Å²) in [6.45, 7) is 6.75. The van der Waals surface area contributed by atoms with E-state index in [1.54, 1.807) is 0 Å². The molecular weight excluding hydrogens is 152 g/mol. The van der Waals surface area contributed by atoms with Gasteiger partial charge in [0.05, 0.1) is 0 Å². The van der Waals surface area contributed by atoms with Crippen molar-refractivity contribution in [1.82, 2.24) is 0 Å². The molecule has 0 fully saturated rings. The van der Waals surface area contributed by atoms with Crippen LogP contribution in [0.4, 0.5) is 0 Å². The first kappa shape index (κ1) is 9.18. The molecule has 0 saturated carbocycles. The Hall–Kier alpha value is 0.0900. The van der Waals surface area contributed by atoms with Crippen molar-refractivity contribution >= 4 is 12.6 Å². The lowest BCUT2D eigenvalue weighted by molar-refractivity contribution is 0.400. The van der Waals surface area contributed by atoms with Gasteiger partial charge in [-0.25, -0.2) is 0 Å². The minimum Gasteiger partial charge on any atom is -0.172 e. The van der Waals surface area contributed by atoms with Crippen molar-refractivity contribution < 1.29 is 0 Å². The predicted molar refractivity (Wildman–Crippen MR) is 54.2 cm³/mol. The number of hydrogen-bond donors (Lipinski definition) is 1. The molecule has 1 heteroatoms.